The number of hydrogen-bond acceptors (Lipinski definition) is 3. The molecule has 1 amide bonds. The number of cyclic esters (lactones) is 1. The second-order valence-electron chi connectivity index (χ2n) is 3.26. The molecule has 5 heteroatoms. The summed E-state index contributed by atoms with van der Waals surface area (Å²) in [5.74, 6) is -0.427. The Morgan fingerprint density at radius 1 is 1.60 bits per heavy atom. The summed E-state index contributed by atoms with van der Waals surface area (Å²) >= 11 is 0. The van der Waals surface area contributed by atoms with Crippen LogP contribution in [0.2, 0.25) is 0 Å². The molecule has 1 atom stereocenters. The molecule has 80 valence electrons. The second-order valence-corrected chi connectivity index (χ2v) is 3.26. The highest BCUT2D eigenvalue weighted by atomic mass is 19.1. The first-order chi connectivity index (χ1) is 7.22. The lowest BCUT2D eigenvalue weighted by Gasteiger charge is -2.19. The van der Waals surface area contributed by atoms with E-state index in [4.69, 9.17) is 9.84 Å². The van der Waals surface area contributed by atoms with Gasteiger partial charge in [-0.3, -0.25) is 4.90 Å². The van der Waals surface area contributed by atoms with E-state index in [2.05, 4.69) is 0 Å². The molecule has 1 aromatic carbocycles. The number of aliphatic hydroxyl groups is 1. The normalized spacial score (nSPS) is 20.5. The van der Waals surface area contributed by atoms with Crippen LogP contribution in [0.15, 0.2) is 24.3 Å². The minimum absolute atomic E-state index is 0.131. The second kappa shape index (κ2) is 3.86. The smallest absolute Gasteiger partial charge is 0.414 e. The maximum absolute atomic E-state index is 12.9. The van der Waals surface area contributed by atoms with E-state index in [0.29, 0.717) is 5.69 Å². The van der Waals surface area contributed by atoms with Crippen molar-refractivity contribution < 1.29 is 19.0 Å². The molecule has 0 radical (unpaired) electrons. The summed E-state index contributed by atoms with van der Waals surface area (Å²) in [6.07, 6.45) is -0.556. The van der Waals surface area contributed by atoms with Gasteiger partial charge in [0.25, 0.3) is 0 Å². The summed E-state index contributed by atoms with van der Waals surface area (Å²) in [6, 6.07) is 5.19. The fourth-order valence-electron chi connectivity index (χ4n) is 1.54. The van der Waals surface area contributed by atoms with Crippen LogP contribution in [0.3, 0.4) is 0 Å². The van der Waals surface area contributed by atoms with Crippen molar-refractivity contribution in [3.05, 3.63) is 30.1 Å². The molecule has 1 aliphatic heterocycles. The highest BCUT2D eigenvalue weighted by molar-refractivity contribution is 5.90. The Morgan fingerprint density at radius 2 is 2.40 bits per heavy atom. The number of ether oxygens (including phenoxy) is 1. The predicted molar refractivity (Wildman–Crippen MR) is 51.1 cm³/mol. The summed E-state index contributed by atoms with van der Waals surface area (Å²) in [5.41, 5.74) is 0.400. The summed E-state index contributed by atoms with van der Waals surface area (Å²) < 4.78 is 17.7. The Balaban J connectivity index is 2.32. The Bertz CT molecular complexity index is 383. The Labute approximate surface area is 85.9 Å². The molecule has 1 heterocycles. The summed E-state index contributed by atoms with van der Waals surface area (Å²) in [6.45, 7) is -0.0753. The van der Waals surface area contributed by atoms with Crippen LogP contribution in [0, 0.1) is 5.82 Å². The van der Waals surface area contributed by atoms with E-state index in [0.717, 1.165) is 0 Å². The predicted octanol–water partition coefficient (Wildman–Crippen LogP) is 1.14. The van der Waals surface area contributed by atoms with Crippen LogP contribution in [-0.2, 0) is 4.74 Å². The first-order valence-electron chi connectivity index (χ1n) is 4.55. The van der Waals surface area contributed by atoms with Crippen molar-refractivity contribution in [3.8, 4) is 0 Å². The Kier molecular flexibility index (Phi) is 2.55. The molecule has 0 saturated carbocycles. The third-order valence-electron chi connectivity index (χ3n) is 2.26. The van der Waals surface area contributed by atoms with Crippen LogP contribution in [0.25, 0.3) is 0 Å². The minimum Gasteiger partial charge on any atom is -0.447 e. The van der Waals surface area contributed by atoms with Gasteiger partial charge >= 0.3 is 6.09 Å². The zero-order valence-electron chi connectivity index (χ0n) is 7.89. The molecule has 0 aromatic heterocycles. The fourth-order valence-corrected chi connectivity index (χ4v) is 1.54. The van der Waals surface area contributed by atoms with Gasteiger partial charge in [-0.1, -0.05) is 6.07 Å². The topological polar surface area (TPSA) is 49.8 Å². The van der Waals surface area contributed by atoms with E-state index < -0.39 is 18.0 Å². The quantitative estimate of drug-likeness (QED) is 0.798. The van der Waals surface area contributed by atoms with E-state index >= 15 is 0 Å². The van der Waals surface area contributed by atoms with Crippen LogP contribution >= 0.6 is 0 Å². The van der Waals surface area contributed by atoms with Crippen molar-refractivity contribution in [2.75, 3.05) is 18.1 Å². The van der Waals surface area contributed by atoms with Gasteiger partial charge in [-0.25, -0.2) is 9.18 Å². The summed E-state index contributed by atoms with van der Waals surface area (Å²) in [5, 5.41) is 9.02. The highest BCUT2D eigenvalue weighted by Gasteiger charge is 2.33. The van der Waals surface area contributed by atoms with Gasteiger partial charge in [-0.2, -0.15) is 0 Å². The van der Waals surface area contributed by atoms with Gasteiger partial charge in [0, 0.05) is 0 Å². The maximum atomic E-state index is 12.9. The molecule has 0 aliphatic carbocycles. The van der Waals surface area contributed by atoms with Crippen LogP contribution in [0.5, 0.6) is 0 Å². The van der Waals surface area contributed by atoms with Gasteiger partial charge in [-0.15, -0.1) is 0 Å². The third-order valence-corrected chi connectivity index (χ3v) is 2.26. The molecule has 1 unspecified atom stereocenters. The van der Waals surface area contributed by atoms with Crippen LogP contribution in [0.4, 0.5) is 14.9 Å². The first kappa shape index (κ1) is 9.92. The molecular weight excluding hydrogens is 201 g/mol. The van der Waals surface area contributed by atoms with E-state index in [1.165, 1.54) is 23.1 Å². The van der Waals surface area contributed by atoms with Crippen LogP contribution in [-0.4, -0.2) is 30.5 Å². The van der Waals surface area contributed by atoms with Gasteiger partial charge < -0.3 is 9.84 Å². The van der Waals surface area contributed by atoms with Gasteiger partial charge in [0.2, 0.25) is 0 Å². The molecule has 1 aromatic rings. The molecule has 2 rings (SSSR count). The standard InChI is InChI=1S/C10H10FNO3/c11-7-2-1-3-8(4-7)12-9(5-13)6-15-10(12)14/h1-4,9,13H,5-6H2. The largest absolute Gasteiger partial charge is 0.447 e. The average Bonchev–Trinajstić information content (AvgIpc) is 2.59. The monoisotopic (exact) mass is 211 g/mol. The van der Waals surface area contributed by atoms with Crippen molar-refractivity contribution >= 4 is 11.8 Å². The fraction of sp³-hybridized carbons (Fsp3) is 0.300. The Hall–Kier alpha value is -1.62. The molecular formula is C10H10FNO3. The zero-order valence-corrected chi connectivity index (χ0v) is 7.89. The van der Waals surface area contributed by atoms with Crippen molar-refractivity contribution in [1.82, 2.24) is 0 Å². The lowest BCUT2D eigenvalue weighted by atomic mass is 10.2. The number of nitrogens with zero attached hydrogens (tertiary/aromatic N) is 1. The molecule has 0 bridgehead atoms. The van der Waals surface area contributed by atoms with Crippen molar-refractivity contribution in [1.29, 1.82) is 0 Å². The number of carbonyl (C=O) groups is 1. The molecule has 15 heavy (non-hydrogen) atoms. The molecule has 1 fully saturated rings. The van der Waals surface area contributed by atoms with Gasteiger partial charge in [0.15, 0.2) is 0 Å². The number of aliphatic hydroxyl groups excluding tert-OH is 1. The van der Waals surface area contributed by atoms with E-state index in [-0.39, 0.29) is 13.2 Å². The number of hydrogen-bond donors (Lipinski definition) is 1. The van der Waals surface area contributed by atoms with E-state index in [1.54, 1.807) is 6.07 Å². The minimum atomic E-state index is -0.556. The maximum Gasteiger partial charge on any atom is 0.414 e. The summed E-state index contributed by atoms with van der Waals surface area (Å²) in [4.78, 5) is 12.6. The van der Waals surface area contributed by atoms with E-state index in [9.17, 15) is 9.18 Å². The third kappa shape index (κ3) is 1.78. The first-order valence-corrected chi connectivity index (χ1v) is 4.55. The van der Waals surface area contributed by atoms with Gasteiger partial charge in [0.1, 0.15) is 12.4 Å². The molecule has 1 aliphatic rings. The molecule has 4 nitrogen and oxygen atoms in total. The zero-order chi connectivity index (χ0) is 10.8. The number of benzene rings is 1. The number of amides is 1. The lowest BCUT2D eigenvalue weighted by Crippen LogP contribution is -2.36. The number of rotatable bonds is 2. The van der Waals surface area contributed by atoms with Crippen LogP contribution < -0.4 is 4.90 Å². The van der Waals surface area contributed by atoms with E-state index in [1.807, 2.05) is 0 Å². The number of carbonyl (C=O) groups excluding carboxylic acids is 1. The highest BCUT2D eigenvalue weighted by Crippen LogP contribution is 2.23. The molecule has 1 saturated heterocycles. The molecule has 1 N–H and O–H groups in total. The SMILES string of the molecule is O=C1OCC(CO)N1c1cccc(F)c1. The number of halogens is 1. The Morgan fingerprint density at radius 3 is 3.07 bits per heavy atom. The van der Waals surface area contributed by atoms with Gasteiger partial charge in [-0.05, 0) is 18.2 Å². The number of anilines is 1. The molecule has 0 spiro atoms. The summed E-state index contributed by atoms with van der Waals surface area (Å²) in [7, 11) is 0. The average molecular weight is 211 g/mol. The lowest BCUT2D eigenvalue weighted by molar-refractivity contribution is 0.174. The van der Waals surface area contributed by atoms with Gasteiger partial charge in [0.05, 0.1) is 18.3 Å². The van der Waals surface area contributed by atoms with Crippen molar-refractivity contribution in [3.63, 3.8) is 0 Å². The van der Waals surface area contributed by atoms with Crippen molar-refractivity contribution in [2.24, 2.45) is 0 Å². The van der Waals surface area contributed by atoms with Crippen molar-refractivity contribution in [2.45, 2.75) is 6.04 Å². The van der Waals surface area contributed by atoms with Crippen LogP contribution in [0.1, 0.15) is 0 Å².